The summed E-state index contributed by atoms with van der Waals surface area (Å²) in [4.78, 5) is 15.6. The van der Waals surface area contributed by atoms with Gasteiger partial charge in [0.2, 0.25) is 0 Å². The summed E-state index contributed by atoms with van der Waals surface area (Å²) in [5.74, 6) is 0.201. The number of nitrogens with one attached hydrogen (secondary N) is 2. The first-order valence-corrected chi connectivity index (χ1v) is 8.73. The van der Waals surface area contributed by atoms with Gasteiger partial charge in [0.1, 0.15) is 5.75 Å². The van der Waals surface area contributed by atoms with Crippen LogP contribution in [0.3, 0.4) is 0 Å². The van der Waals surface area contributed by atoms with Crippen LogP contribution in [-0.2, 0) is 11.2 Å². The van der Waals surface area contributed by atoms with Crippen LogP contribution in [0, 0.1) is 11.3 Å². The average Bonchev–Trinajstić information content (AvgIpc) is 3.10. The summed E-state index contributed by atoms with van der Waals surface area (Å²) in [5.41, 5.74) is 2.58. The zero-order chi connectivity index (χ0) is 19.2. The molecule has 1 heterocycles. The largest absolute Gasteiger partial charge is 0.481 e. The van der Waals surface area contributed by atoms with Crippen molar-refractivity contribution in [1.29, 1.82) is 5.26 Å². The van der Waals surface area contributed by atoms with Gasteiger partial charge in [0.05, 0.1) is 24.3 Å². The smallest absolute Gasteiger partial charge is 0.261 e. The number of H-pyrrole nitrogens is 1. The lowest BCUT2D eigenvalue weighted by Crippen LogP contribution is -2.45. The standard InChI is InChI=1S/C21H21N3O3/c1-14(27-18-8-6-15(11-22)7-9-18)21(26)24-17(13-25)10-16-12-23-20-5-3-2-4-19(16)20/h2-9,12,14,17,23,25H,10,13H2,1H3,(H,24,26). The van der Waals surface area contributed by atoms with Gasteiger partial charge < -0.3 is 20.1 Å². The van der Waals surface area contributed by atoms with Gasteiger partial charge in [-0.3, -0.25) is 4.79 Å². The number of fused-ring (bicyclic) bond motifs is 1. The van der Waals surface area contributed by atoms with Gasteiger partial charge in [-0.05, 0) is 49.2 Å². The molecule has 27 heavy (non-hydrogen) atoms. The lowest BCUT2D eigenvalue weighted by atomic mass is 10.1. The Balaban J connectivity index is 1.61. The molecule has 3 N–H and O–H groups in total. The molecule has 138 valence electrons. The number of benzene rings is 2. The number of aromatic amines is 1. The Bertz CT molecular complexity index is 957. The fourth-order valence-electron chi connectivity index (χ4n) is 2.91. The molecule has 3 rings (SSSR count). The van der Waals surface area contributed by atoms with Gasteiger partial charge in [0.15, 0.2) is 6.10 Å². The molecular formula is C21H21N3O3. The van der Waals surface area contributed by atoms with E-state index in [4.69, 9.17) is 10.00 Å². The van der Waals surface area contributed by atoms with E-state index in [1.807, 2.05) is 36.5 Å². The highest BCUT2D eigenvalue weighted by atomic mass is 16.5. The van der Waals surface area contributed by atoms with E-state index < -0.39 is 12.1 Å². The van der Waals surface area contributed by atoms with Crippen molar-refractivity contribution in [3.8, 4) is 11.8 Å². The molecule has 2 unspecified atom stereocenters. The summed E-state index contributed by atoms with van der Waals surface area (Å²) in [6.45, 7) is 1.47. The molecule has 0 bridgehead atoms. The maximum Gasteiger partial charge on any atom is 0.261 e. The number of hydrogen-bond acceptors (Lipinski definition) is 4. The normalized spacial score (nSPS) is 12.9. The first-order chi connectivity index (χ1) is 13.1. The zero-order valence-electron chi connectivity index (χ0n) is 15.0. The van der Waals surface area contributed by atoms with Crippen LogP contribution in [0.1, 0.15) is 18.1 Å². The average molecular weight is 363 g/mol. The Labute approximate surface area is 157 Å². The second-order valence-corrected chi connectivity index (χ2v) is 6.35. The molecule has 1 amide bonds. The minimum absolute atomic E-state index is 0.172. The number of nitriles is 1. The molecule has 0 fully saturated rings. The molecule has 1 aromatic heterocycles. The third-order valence-corrected chi connectivity index (χ3v) is 4.37. The maximum absolute atomic E-state index is 12.4. The van der Waals surface area contributed by atoms with E-state index in [0.717, 1.165) is 16.5 Å². The molecule has 0 aliphatic rings. The summed E-state index contributed by atoms with van der Waals surface area (Å²) < 4.78 is 5.62. The number of aliphatic hydroxyl groups is 1. The van der Waals surface area contributed by atoms with Gasteiger partial charge in [0.25, 0.3) is 5.91 Å². The maximum atomic E-state index is 12.4. The second kappa shape index (κ2) is 8.39. The predicted octanol–water partition coefficient (Wildman–Crippen LogP) is 2.53. The second-order valence-electron chi connectivity index (χ2n) is 6.35. The minimum Gasteiger partial charge on any atom is -0.481 e. The van der Waals surface area contributed by atoms with Crippen LogP contribution in [-0.4, -0.2) is 34.8 Å². The minimum atomic E-state index is -0.727. The first kappa shape index (κ1) is 18.5. The van der Waals surface area contributed by atoms with Gasteiger partial charge >= 0.3 is 0 Å². The number of aromatic nitrogens is 1. The molecule has 0 spiro atoms. The van der Waals surface area contributed by atoms with Gasteiger partial charge in [-0.2, -0.15) is 5.26 Å². The van der Waals surface area contributed by atoms with Crippen LogP contribution in [0.5, 0.6) is 5.75 Å². The van der Waals surface area contributed by atoms with E-state index in [2.05, 4.69) is 10.3 Å². The Morgan fingerprint density at radius 3 is 2.70 bits per heavy atom. The number of carbonyl (C=O) groups excluding carboxylic acids is 1. The van der Waals surface area contributed by atoms with E-state index in [-0.39, 0.29) is 12.5 Å². The van der Waals surface area contributed by atoms with Crippen molar-refractivity contribution < 1.29 is 14.6 Å². The zero-order valence-corrected chi connectivity index (χ0v) is 15.0. The Hall–Kier alpha value is -3.30. The van der Waals surface area contributed by atoms with Crippen LogP contribution >= 0.6 is 0 Å². The van der Waals surface area contributed by atoms with Crippen LogP contribution in [0.15, 0.2) is 54.7 Å². The van der Waals surface area contributed by atoms with E-state index in [1.54, 1.807) is 31.2 Å². The summed E-state index contributed by atoms with van der Waals surface area (Å²) in [7, 11) is 0. The summed E-state index contributed by atoms with van der Waals surface area (Å²) in [6, 6.07) is 16.1. The number of aliphatic hydroxyl groups excluding tert-OH is 1. The van der Waals surface area contributed by atoms with Crippen molar-refractivity contribution in [2.24, 2.45) is 0 Å². The van der Waals surface area contributed by atoms with E-state index in [1.165, 1.54) is 0 Å². The van der Waals surface area contributed by atoms with Gasteiger partial charge in [-0.25, -0.2) is 0 Å². The highest BCUT2D eigenvalue weighted by Crippen LogP contribution is 2.19. The Kier molecular flexibility index (Phi) is 5.74. The lowest BCUT2D eigenvalue weighted by Gasteiger charge is -2.20. The molecule has 6 heteroatoms. The molecule has 0 saturated heterocycles. The first-order valence-electron chi connectivity index (χ1n) is 8.73. The molecule has 3 aromatic rings. The van der Waals surface area contributed by atoms with Crippen molar-refractivity contribution in [3.63, 3.8) is 0 Å². The van der Waals surface area contributed by atoms with Crippen LogP contribution < -0.4 is 10.1 Å². The number of rotatable bonds is 7. The van der Waals surface area contributed by atoms with Gasteiger partial charge in [0, 0.05) is 17.1 Å². The van der Waals surface area contributed by atoms with Crippen LogP contribution in [0.4, 0.5) is 0 Å². The van der Waals surface area contributed by atoms with Crippen molar-refractivity contribution >= 4 is 16.8 Å². The molecule has 0 saturated carbocycles. The number of amides is 1. The fourth-order valence-corrected chi connectivity index (χ4v) is 2.91. The summed E-state index contributed by atoms with van der Waals surface area (Å²) >= 11 is 0. The van der Waals surface area contributed by atoms with E-state index >= 15 is 0 Å². The molecule has 0 aliphatic heterocycles. The van der Waals surface area contributed by atoms with Gasteiger partial charge in [-0.15, -0.1) is 0 Å². The molecule has 6 nitrogen and oxygen atoms in total. The molecule has 2 aromatic carbocycles. The summed E-state index contributed by atoms with van der Waals surface area (Å²) in [5, 5.41) is 22.4. The van der Waals surface area contributed by atoms with Crippen LogP contribution in [0.25, 0.3) is 10.9 Å². The van der Waals surface area contributed by atoms with E-state index in [0.29, 0.717) is 17.7 Å². The highest BCUT2D eigenvalue weighted by molar-refractivity contribution is 5.83. The van der Waals surface area contributed by atoms with Crippen molar-refractivity contribution in [1.82, 2.24) is 10.3 Å². The molecule has 2 atom stereocenters. The lowest BCUT2D eigenvalue weighted by molar-refractivity contribution is -0.128. The van der Waals surface area contributed by atoms with E-state index in [9.17, 15) is 9.90 Å². The SMILES string of the molecule is CC(Oc1ccc(C#N)cc1)C(=O)NC(CO)Cc1c[nH]c2ccccc12. The predicted molar refractivity (Wildman–Crippen MR) is 102 cm³/mol. The Morgan fingerprint density at radius 1 is 1.26 bits per heavy atom. The van der Waals surface area contributed by atoms with Crippen molar-refractivity contribution in [3.05, 3.63) is 65.9 Å². The number of nitrogens with zero attached hydrogens (tertiary/aromatic N) is 1. The highest BCUT2D eigenvalue weighted by Gasteiger charge is 2.20. The third kappa shape index (κ3) is 4.46. The monoisotopic (exact) mass is 363 g/mol. The third-order valence-electron chi connectivity index (χ3n) is 4.37. The van der Waals surface area contributed by atoms with Crippen LogP contribution in [0.2, 0.25) is 0 Å². The molecule has 0 radical (unpaired) electrons. The molecule has 0 aliphatic carbocycles. The van der Waals surface area contributed by atoms with Crippen molar-refractivity contribution in [2.75, 3.05) is 6.61 Å². The fraction of sp³-hybridized carbons (Fsp3) is 0.238. The van der Waals surface area contributed by atoms with Crippen molar-refractivity contribution in [2.45, 2.75) is 25.5 Å². The topological polar surface area (TPSA) is 98.1 Å². The summed E-state index contributed by atoms with van der Waals surface area (Å²) in [6.07, 6.45) is 1.68. The van der Waals surface area contributed by atoms with Gasteiger partial charge in [-0.1, -0.05) is 18.2 Å². The Morgan fingerprint density at radius 2 is 2.00 bits per heavy atom. The number of para-hydroxylation sites is 1. The number of carbonyl (C=O) groups is 1. The molecular weight excluding hydrogens is 342 g/mol. The number of ether oxygens (including phenoxy) is 1. The quantitative estimate of drug-likeness (QED) is 0.601. The number of hydrogen-bond donors (Lipinski definition) is 3.